The minimum Gasteiger partial charge on any atom is -0.481 e. The summed E-state index contributed by atoms with van der Waals surface area (Å²) in [7, 11) is 1.87. The topological polar surface area (TPSA) is 50.4 Å². The molecule has 1 rings (SSSR count). The van der Waals surface area contributed by atoms with Gasteiger partial charge in [0.2, 0.25) is 0 Å². The Hall–Kier alpha value is -1.26. The molecule has 2 N–H and O–H groups in total. The largest absolute Gasteiger partial charge is 0.481 e. The molecule has 0 aliphatic heterocycles. The van der Waals surface area contributed by atoms with Gasteiger partial charge in [-0.1, -0.05) is 18.5 Å². The Kier molecular flexibility index (Phi) is 6.99. The number of ether oxygens (including phenoxy) is 1. The van der Waals surface area contributed by atoms with Crippen LogP contribution in [0.4, 0.5) is 0 Å². The quantitative estimate of drug-likeness (QED) is 0.812. The minimum atomic E-state index is -0.553. The number of halogens is 1. The molecular weight excluding hydrogens is 288 g/mol. The molecule has 1 aromatic carbocycles. The second kappa shape index (κ2) is 8.25. The number of benzene rings is 1. The summed E-state index contributed by atoms with van der Waals surface area (Å²) in [5.41, 5.74) is 0.938. The first-order valence-corrected chi connectivity index (χ1v) is 7.70. The van der Waals surface area contributed by atoms with Crippen molar-refractivity contribution in [3.05, 3.63) is 28.8 Å². The van der Waals surface area contributed by atoms with Crippen LogP contribution < -0.4 is 15.4 Å². The first kappa shape index (κ1) is 17.8. The maximum absolute atomic E-state index is 12.1. The molecule has 1 aromatic rings. The third-order valence-corrected chi connectivity index (χ3v) is 3.78. The number of nitrogens with one attached hydrogen (secondary N) is 2. The third kappa shape index (κ3) is 5.21. The fourth-order valence-corrected chi connectivity index (χ4v) is 2.01. The van der Waals surface area contributed by atoms with Gasteiger partial charge in [0, 0.05) is 22.7 Å². The van der Waals surface area contributed by atoms with E-state index in [0.29, 0.717) is 10.8 Å². The normalized spacial score (nSPS) is 15.1. The smallest absolute Gasteiger partial charge is 0.260 e. The lowest BCUT2D eigenvalue weighted by Crippen LogP contribution is -2.41. The molecule has 0 saturated heterocycles. The molecule has 118 valence electrons. The van der Waals surface area contributed by atoms with Crippen LogP contribution in [-0.4, -0.2) is 25.1 Å². The van der Waals surface area contributed by atoms with Crippen LogP contribution in [0.2, 0.25) is 5.02 Å². The lowest BCUT2D eigenvalue weighted by atomic mass is 10.1. The highest BCUT2D eigenvalue weighted by molar-refractivity contribution is 6.30. The number of hydrogen-bond acceptors (Lipinski definition) is 3. The fraction of sp³-hybridized carbons (Fsp3) is 0.562. The summed E-state index contributed by atoms with van der Waals surface area (Å²) in [6, 6.07) is 5.66. The van der Waals surface area contributed by atoms with Crippen LogP contribution in [0.25, 0.3) is 0 Å². The van der Waals surface area contributed by atoms with Crippen molar-refractivity contribution < 1.29 is 9.53 Å². The van der Waals surface area contributed by atoms with Crippen LogP contribution in [0.3, 0.4) is 0 Å². The summed E-state index contributed by atoms with van der Waals surface area (Å²) in [6.07, 6.45) is 0.338. The van der Waals surface area contributed by atoms with Gasteiger partial charge in [-0.15, -0.1) is 0 Å². The predicted molar refractivity (Wildman–Crippen MR) is 86.9 cm³/mol. The Balaban J connectivity index is 2.84. The Morgan fingerprint density at radius 1 is 1.33 bits per heavy atom. The number of amides is 1. The molecule has 21 heavy (non-hydrogen) atoms. The lowest BCUT2D eigenvalue weighted by Gasteiger charge is -2.21. The maximum atomic E-state index is 12.1. The van der Waals surface area contributed by atoms with Crippen molar-refractivity contribution in [2.24, 2.45) is 0 Å². The summed E-state index contributed by atoms with van der Waals surface area (Å²) >= 11 is 6.04. The third-order valence-electron chi connectivity index (χ3n) is 3.55. The van der Waals surface area contributed by atoms with E-state index in [2.05, 4.69) is 10.6 Å². The molecule has 0 fully saturated rings. The monoisotopic (exact) mass is 312 g/mol. The van der Waals surface area contributed by atoms with E-state index < -0.39 is 6.10 Å². The van der Waals surface area contributed by atoms with Crippen LogP contribution in [0, 0.1) is 0 Å². The van der Waals surface area contributed by atoms with Gasteiger partial charge in [0.25, 0.3) is 5.91 Å². The van der Waals surface area contributed by atoms with E-state index in [1.165, 1.54) is 0 Å². The van der Waals surface area contributed by atoms with Gasteiger partial charge < -0.3 is 15.4 Å². The first-order valence-electron chi connectivity index (χ1n) is 7.32. The van der Waals surface area contributed by atoms with E-state index in [0.717, 1.165) is 12.0 Å². The molecule has 0 aliphatic rings. The summed E-state index contributed by atoms with van der Waals surface area (Å²) in [5.74, 6) is 0.565. The SMILES string of the molecule is CCC(C)NC(=O)C(C)Oc1ccc(Cl)cc1C(C)NC. The second-order valence-corrected chi connectivity index (χ2v) is 5.71. The molecule has 0 bridgehead atoms. The number of rotatable bonds is 7. The van der Waals surface area contributed by atoms with Crippen molar-refractivity contribution in [1.29, 1.82) is 0 Å². The van der Waals surface area contributed by atoms with Crippen molar-refractivity contribution >= 4 is 17.5 Å². The van der Waals surface area contributed by atoms with Gasteiger partial charge >= 0.3 is 0 Å². The van der Waals surface area contributed by atoms with Gasteiger partial charge in [-0.2, -0.15) is 0 Å². The number of carbonyl (C=O) groups excluding carboxylic acids is 1. The molecule has 0 saturated carbocycles. The molecule has 3 unspecified atom stereocenters. The van der Waals surface area contributed by atoms with Gasteiger partial charge in [-0.25, -0.2) is 0 Å². The Morgan fingerprint density at radius 2 is 2.00 bits per heavy atom. The van der Waals surface area contributed by atoms with Crippen LogP contribution >= 0.6 is 11.6 Å². The Bertz CT molecular complexity index is 479. The zero-order valence-corrected chi connectivity index (χ0v) is 14.1. The minimum absolute atomic E-state index is 0.0866. The molecule has 3 atom stereocenters. The lowest BCUT2D eigenvalue weighted by molar-refractivity contribution is -0.127. The van der Waals surface area contributed by atoms with Gasteiger partial charge in [0.1, 0.15) is 5.75 Å². The summed E-state index contributed by atoms with van der Waals surface area (Å²) in [6.45, 7) is 7.77. The molecule has 0 heterocycles. The van der Waals surface area contributed by atoms with E-state index in [1.807, 2.05) is 33.9 Å². The average Bonchev–Trinajstić information content (AvgIpc) is 2.47. The molecular formula is C16H25ClN2O2. The molecule has 0 spiro atoms. The molecule has 1 amide bonds. The molecule has 4 nitrogen and oxygen atoms in total. The highest BCUT2D eigenvalue weighted by atomic mass is 35.5. The van der Waals surface area contributed by atoms with Crippen molar-refractivity contribution in [1.82, 2.24) is 10.6 Å². The zero-order valence-electron chi connectivity index (χ0n) is 13.4. The predicted octanol–water partition coefficient (Wildman–Crippen LogP) is 3.30. The van der Waals surface area contributed by atoms with E-state index in [4.69, 9.17) is 16.3 Å². The van der Waals surface area contributed by atoms with Gasteiger partial charge in [0.15, 0.2) is 6.10 Å². The van der Waals surface area contributed by atoms with Crippen molar-refractivity contribution in [3.8, 4) is 5.75 Å². The van der Waals surface area contributed by atoms with Crippen LogP contribution in [-0.2, 0) is 4.79 Å². The van der Waals surface area contributed by atoms with Crippen LogP contribution in [0.1, 0.15) is 45.7 Å². The molecule has 5 heteroatoms. The van der Waals surface area contributed by atoms with E-state index in [9.17, 15) is 4.79 Å². The van der Waals surface area contributed by atoms with Crippen LogP contribution in [0.5, 0.6) is 5.75 Å². The maximum Gasteiger partial charge on any atom is 0.260 e. The van der Waals surface area contributed by atoms with Crippen molar-refractivity contribution in [2.45, 2.75) is 52.3 Å². The standard InChI is InChI=1S/C16H25ClN2O2/c1-6-10(2)19-16(20)12(4)21-15-8-7-13(17)9-14(15)11(3)18-5/h7-12,18H,6H2,1-5H3,(H,19,20). The second-order valence-electron chi connectivity index (χ2n) is 5.27. The van der Waals surface area contributed by atoms with Crippen LogP contribution in [0.15, 0.2) is 18.2 Å². The molecule has 0 radical (unpaired) electrons. The summed E-state index contributed by atoms with van der Waals surface area (Å²) < 4.78 is 5.82. The van der Waals surface area contributed by atoms with E-state index in [-0.39, 0.29) is 18.0 Å². The first-order chi connectivity index (χ1) is 9.88. The number of hydrogen-bond donors (Lipinski definition) is 2. The molecule has 0 aromatic heterocycles. The number of carbonyl (C=O) groups is 1. The Labute approximate surface area is 132 Å². The van der Waals surface area contributed by atoms with Gasteiger partial charge in [-0.05, 0) is 52.4 Å². The highest BCUT2D eigenvalue weighted by Gasteiger charge is 2.19. The Morgan fingerprint density at radius 3 is 2.57 bits per heavy atom. The fourth-order valence-electron chi connectivity index (χ4n) is 1.83. The van der Waals surface area contributed by atoms with E-state index >= 15 is 0 Å². The molecule has 0 aliphatic carbocycles. The average molecular weight is 313 g/mol. The van der Waals surface area contributed by atoms with E-state index in [1.54, 1.807) is 19.1 Å². The van der Waals surface area contributed by atoms with Crippen molar-refractivity contribution in [3.63, 3.8) is 0 Å². The van der Waals surface area contributed by atoms with Crippen molar-refractivity contribution in [2.75, 3.05) is 7.05 Å². The van der Waals surface area contributed by atoms with Gasteiger partial charge in [-0.3, -0.25) is 4.79 Å². The summed E-state index contributed by atoms with van der Waals surface area (Å²) in [4.78, 5) is 12.1. The van der Waals surface area contributed by atoms with Gasteiger partial charge in [0.05, 0.1) is 0 Å². The highest BCUT2D eigenvalue weighted by Crippen LogP contribution is 2.29. The zero-order chi connectivity index (χ0) is 16.0. The summed E-state index contributed by atoms with van der Waals surface area (Å²) in [5, 5.41) is 6.72.